The molecule has 1 aromatic heterocycles. The van der Waals surface area contributed by atoms with Crippen LogP contribution >= 0.6 is 11.6 Å². The molecular formula is C16H16ClNO4. The maximum atomic E-state index is 11.6. The lowest BCUT2D eigenvalue weighted by molar-refractivity contribution is -0.148. The molecule has 0 spiro atoms. The lowest BCUT2D eigenvalue weighted by Gasteiger charge is -2.11. The van der Waals surface area contributed by atoms with Crippen LogP contribution in [-0.4, -0.2) is 30.0 Å². The van der Waals surface area contributed by atoms with Crippen molar-refractivity contribution in [3.05, 3.63) is 35.5 Å². The number of fused-ring (bicyclic) bond motifs is 1. The molecule has 1 aromatic carbocycles. The van der Waals surface area contributed by atoms with Gasteiger partial charge in [-0.1, -0.05) is 18.5 Å². The molecule has 1 unspecified atom stereocenters. The van der Waals surface area contributed by atoms with E-state index in [1.807, 2.05) is 6.07 Å². The van der Waals surface area contributed by atoms with Crippen LogP contribution in [0.4, 0.5) is 0 Å². The van der Waals surface area contributed by atoms with Crippen molar-refractivity contribution in [2.24, 2.45) is 5.92 Å². The van der Waals surface area contributed by atoms with Crippen LogP contribution in [0.15, 0.2) is 30.5 Å². The molecule has 0 aliphatic rings. The van der Waals surface area contributed by atoms with Crippen LogP contribution in [0.25, 0.3) is 10.9 Å². The third-order valence-corrected chi connectivity index (χ3v) is 3.54. The van der Waals surface area contributed by atoms with Crippen molar-refractivity contribution in [2.45, 2.75) is 13.8 Å². The summed E-state index contributed by atoms with van der Waals surface area (Å²) >= 11 is 6.09. The Bertz CT molecular complexity index is 702. The van der Waals surface area contributed by atoms with Gasteiger partial charge in [0, 0.05) is 17.5 Å². The van der Waals surface area contributed by atoms with Crippen LogP contribution < -0.4 is 4.74 Å². The van der Waals surface area contributed by atoms with Gasteiger partial charge in [-0.3, -0.25) is 9.78 Å². The Labute approximate surface area is 133 Å². The summed E-state index contributed by atoms with van der Waals surface area (Å²) in [5, 5.41) is 1.31. The van der Waals surface area contributed by atoms with Gasteiger partial charge in [-0.2, -0.15) is 0 Å². The smallest absolute Gasteiger partial charge is 0.344 e. The van der Waals surface area contributed by atoms with E-state index in [0.29, 0.717) is 16.3 Å². The van der Waals surface area contributed by atoms with Crippen LogP contribution in [0.5, 0.6) is 5.75 Å². The molecule has 0 aliphatic heterocycles. The third kappa shape index (κ3) is 3.95. The minimum absolute atomic E-state index is 0.0263. The minimum Gasteiger partial charge on any atom is -0.480 e. The second-order valence-electron chi connectivity index (χ2n) is 4.93. The maximum absolute atomic E-state index is 11.6. The highest BCUT2D eigenvalue weighted by Crippen LogP contribution is 2.29. The summed E-state index contributed by atoms with van der Waals surface area (Å²) in [6.45, 7) is 2.96. The van der Waals surface area contributed by atoms with Gasteiger partial charge in [-0.05, 0) is 31.2 Å². The van der Waals surface area contributed by atoms with E-state index in [1.165, 1.54) is 6.92 Å². The second kappa shape index (κ2) is 7.22. The number of Topliss-reactive ketones (excluding diaryl/α,β-unsaturated/α-hetero) is 1. The van der Waals surface area contributed by atoms with Crippen molar-refractivity contribution >= 4 is 34.3 Å². The predicted molar refractivity (Wildman–Crippen MR) is 83.1 cm³/mol. The lowest BCUT2D eigenvalue weighted by atomic mass is 10.1. The van der Waals surface area contributed by atoms with E-state index >= 15 is 0 Å². The standard InChI is InChI=1S/C16H16ClNO4/c1-10(11(2)19)8-22-15(20)9-21-14-6-5-13(17)12-4-3-7-18-16(12)14/h3-7,10H,8-9H2,1-2H3. The first-order valence-electron chi connectivity index (χ1n) is 6.81. The van der Waals surface area contributed by atoms with E-state index < -0.39 is 5.97 Å². The fraction of sp³-hybridized carbons (Fsp3) is 0.312. The number of nitrogens with zero attached hydrogens (tertiary/aromatic N) is 1. The average molecular weight is 322 g/mol. The lowest BCUT2D eigenvalue weighted by Crippen LogP contribution is -2.21. The number of ketones is 1. The highest BCUT2D eigenvalue weighted by atomic mass is 35.5. The average Bonchev–Trinajstić information content (AvgIpc) is 2.52. The van der Waals surface area contributed by atoms with Gasteiger partial charge in [0.1, 0.15) is 23.7 Å². The first-order chi connectivity index (χ1) is 10.5. The topological polar surface area (TPSA) is 65.5 Å². The zero-order chi connectivity index (χ0) is 16.1. The summed E-state index contributed by atoms with van der Waals surface area (Å²) in [6.07, 6.45) is 1.62. The fourth-order valence-electron chi connectivity index (χ4n) is 1.74. The normalized spacial score (nSPS) is 12.0. The van der Waals surface area contributed by atoms with Crippen molar-refractivity contribution in [3.63, 3.8) is 0 Å². The zero-order valence-electron chi connectivity index (χ0n) is 12.3. The summed E-state index contributed by atoms with van der Waals surface area (Å²) < 4.78 is 10.4. The van der Waals surface area contributed by atoms with Crippen LogP contribution in [-0.2, 0) is 14.3 Å². The molecular weight excluding hydrogens is 306 g/mol. The van der Waals surface area contributed by atoms with E-state index in [2.05, 4.69) is 4.98 Å². The van der Waals surface area contributed by atoms with E-state index in [9.17, 15) is 9.59 Å². The Kier molecular flexibility index (Phi) is 5.33. The van der Waals surface area contributed by atoms with Gasteiger partial charge in [-0.25, -0.2) is 4.79 Å². The Morgan fingerprint density at radius 2 is 2.09 bits per heavy atom. The summed E-state index contributed by atoms with van der Waals surface area (Å²) in [4.78, 5) is 26.9. The molecule has 0 saturated heterocycles. The Morgan fingerprint density at radius 3 is 2.82 bits per heavy atom. The van der Waals surface area contributed by atoms with Gasteiger partial charge in [-0.15, -0.1) is 0 Å². The van der Waals surface area contributed by atoms with Gasteiger partial charge in [0.2, 0.25) is 0 Å². The molecule has 22 heavy (non-hydrogen) atoms. The molecule has 5 nitrogen and oxygen atoms in total. The summed E-state index contributed by atoms with van der Waals surface area (Å²) in [5.74, 6) is -0.424. The highest BCUT2D eigenvalue weighted by Gasteiger charge is 2.13. The molecule has 6 heteroatoms. The molecule has 1 atom stereocenters. The number of esters is 1. The number of hydrogen-bond acceptors (Lipinski definition) is 5. The van der Waals surface area contributed by atoms with E-state index in [-0.39, 0.29) is 24.9 Å². The van der Waals surface area contributed by atoms with Crippen LogP contribution in [0.1, 0.15) is 13.8 Å². The van der Waals surface area contributed by atoms with Gasteiger partial charge in [0.15, 0.2) is 6.61 Å². The molecule has 0 N–H and O–H groups in total. The fourth-order valence-corrected chi connectivity index (χ4v) is 1.96. The largest absolute Gasteiger partial charge is 0.480 e. The Balaban J connectivity index is 1.99. The van der Waals surface area contributed by atoms with Crippen molar-refractivity contribution in [3.8, 4) is 5.75 Å². The van der Waals surface area contributed by atoms with Gasteiger partial charge in [0.05, 0.1) is 5.02 Å². The summed E-state index contributed by atoms with van der Waals surface area (Å²) in [6, 6.07) is 6.94. The SMILES string of the molecule is CC(=O)C(C)COC(=O)COc1ccc(Cl)c2cccnc12. The molecule has 116 valence electrons. The zero-order valence-corrected chi connectivity index (χ0v) is 13.1. The van der Waals surface area contributed by atoms with Crippen molar-refractivity contribution in [1.29, 1.82) is 0 Å². The van der Waals surface area contributed by atoms with Crippen LogP contribution in [0.3, 0.4) is 0 Å². The highest BCUT2D eigenvalue weighted by molar-refractivity contribution is 6.35. The minimum atomic E-state index is -0.535. The number of benzene rings is 1. The number of ether oxygens (including phenoxy) is 2. The number of carbonyl (C=O) groups excluding carboxylic acids is 2. The first kappa shape index (κ1) is 16.2. The van der Waals surface area contributed by atoms with E-state index in [0.717, 1.165) is 5.39 Å². The number of pyridine rings is 1. The monoisotopic (exact) mass is 321 g/mol. The van der Waals surface area contributed by atoms with Crippen molar-refractivity contribution < 1.29 is 19.1 Å². The summed E-state index contributed by atoms with van der Waals surface area (Å²) in [5.41, 5.74) is 0.583. The van der Waals surface area contributed by atoms with Gasteiger partial charge < -0.3 is 9.47 Å². The number of aromatic nitrogens is 1. The van der Waals surface area contributed by atoms with Crippen molar-refractivity contribution in [2.75, 3.05) is 13.2 Å². The first-order valence-corrected chi connectivity index (χ1v) is 7.19. The molecule has 0 aliphatic carbocycles. The molecule has 0 amide bonds. The number of carbonyl (C=O) groups is 2. The van der Waals surface area contributed by atoms with E-state index in [4.69, 9.17) is 21.1 Å². The Hall–Kier alpha value is -2.14. The molecule has 0 saturated carbocycles. The quantitative estimate of drug-likeness (QED) is 0.765. The third-order valence-electron chi connectivity index (χ3n) is 3.21. The van der Waals surface area contributed by atoms with E-state index in [1.54, 1.807) is 31.3 Å². The Morgan fingerprint density at radius 1 is 1.32 bits per heavy atom. The maximum Gasteiger partial charge on any atom is 0.344 e. The molecule has 0 radical (unpaired) electrons. The molecule has 1 heterocycles. The molecule has 0 fully saturated rings. The van der Waals surface area contributed by atoms with Gasteiger partial charge >= 0.3 is 5.97 Å². The molecule has 2 aromatic rings. The predicted octanol–water partition coefficient (Wildman–Crippen LogP) is 3.04. The number of rotatable bonds is 6. The van der Waals surface area contributed by atoms with Crippen LogP contribution in [0, 0.1) is 5.92 Å². The van der Waals surface area contributed by atoms with Gasteiger partial charge in [0.25, 0.3) is 0 Å². The number of hydrogen-bond donors (Lipinski definition) is 0. The molecule has 0 bridgehead atoms. The van der Waals surface area contributed by atoms with Crippen molar-refractivity contribution in [1.82, 2.24) is 4.98 Å². The second-order valence-corrected chi connectivity index (χ2v) is 5.34. The number of halogens is 1. The van der Waals surface area contributed by atoms with Crippen LogP contribution in [0.2, 0.25) is 5.02 Å². The molecule has 2 rings (SSSR count). The summed E-state index contributed by atoms with van der Waals surface area (Å²) in [7, 11) is 0.